The van der Waals surface area contributed by atoms with Gasteiger partial charge in [0.2, 0.25) is 10.0 Å². The molecule has 1 atom stereocenters. The van der Waals surface area contributed by atoms with E-state index in [4.69, 9.17) is 5.73 Å². The molecule has 1 fully saturated rings. The number of anilines is 1. The lowest BCUT2D eigenvalue weighted by atomic mass is 10.1. The molecule has 0 saturated carbocycles. The van der Waals surface area contributed by atoms with Crippen molar-refractivity contribution in [2.45, 2.75) is 23.8 Å². The molecule has 1 heterocycles. The maximum Gasteiger partial charge on any atom is 0.245 e. The highest BCUT2D eigenvalue weighted by molar-refractivity contribution is 7.89. The van der Waals surface area contributed by atoms with Crippen molar-refractivity contribution < 1.29 is 12.8 Å². The number of halogens is 1. The van der Waals surface area contributed by atoms with Gasteiger partial charge < -0.3 is 10.6 Å². The lowest BCUT2D eigenvalue weighted by molar-refractivity contribution is 0.187. The second kappa shape index (κ2) is 5.67. The second-order valence-corrected chi connectivity index (χ2v) is 7.20. The van der Waals surface area contributed by atoms with E-state index < -0.39 is 15.8 Å². The molecule has 1 aromatic carbocycles. The number of para-hydroxylation sites is 1. The molecule has 1 saturated heterocycles. The Morgan fingerprint density at radius 3 is 2.80 bits per heavy atom. The normalized spacial score (nSPS) is 21.3. The summed E-state index contributed by atoms with van der Waals surface area (Å²) in [5.74, 6) is -0.708. The zero-order chi connectivity index (χ0) is 14.9. The van der Waals surface area contributed by atoms with Crippen molar-refractivity contribution in [3.63, 3.8) is 0 Å². The highest BCUT2D eigenvalue weighted by atomic mass is 32.2. The van der Waals surface area contributed by atoms with Crippen LogP contribution in [0.25, 0.3) is 0 Å². The van der Waals surface area contributed by atoms with Crippen LogP contribution in [-0.4, -0.2) is 50.8 Å². The van der Waals surface area contributed by atoms with Gasteiger partial charge in [0.1, 0.15) is 10.7 Å². The molecule has 2 N–H and O–H groups in total. The Morgan fingerprint density at radius 1 is 1.45 bits per heavy atom. The fraction of sp³-hybridized carbons (Fsp3) is 0.538. The number of rotatable bonds is 3. The monoisotopic (exact) mass is 301 g/mol. The zero-order valence-electron chi connectivity index (χ0n) is 11.7. The number of nitrogens with zero attached hydrogens (tertiary/aromatic N) is 2. The molecule has 0 radical (unpaired) electrons. The van der Waals surface area contributed by atoms with Gasteiger partial charge in [0.15, 0.2) is 0 Å². The number of likely N-dealkylation sites (N-methyl/N-ethyl adjacent to an activating group) is 2. The van der Waals surface area contributed by atoms with E-state index in [0.717, 1.165) is 25.5 Å². The van der Waals surface area contributed by atoms with Gasteiger partial charge in [-0.3, -0.25) is 0 Å². The van der Waals surface area contributed by atoms with Crippen molar-refractivity contribution in [3.8, 4) is 0 Å². The topological polar surface area (TPSA) is 66.6 Å². The van der Waals surface area contributed by atoms with Gasteiger partial charge >= 0.3 is 0 Å². The number of nitrogens with two attached hydrogens (primary N) is 1. The predicted molar refractivity (Wildman–Crippen MR) is 76.3 cm³/mol. The number of benzene rings is 1. The van der Waals surface area contributed by atoms with Crippen molar-refractivity contribution >= 4 is 15.7 Å². The van der Waals surface area contributed by atoms with Gasteiger partial charge in [-0.15, -0.1) is 0 Å². The summed E-state index contributed by atoms with van der Waals surface area (Å²) in [6.45, 7) is 1.64. The van der Waals surface area contributed by atoms with Gasteiger partial charge in [-0.25, -0.2) is 12.8 Å². The molecule has 0 spiro atoms. The minimum Gasteiger partial charge on any atom is -0.395 e. The fourth-order valence-electron chi connectivity index (χ4n) is 2.53. The first kappa shape index (κ1) is 15.2. The summed E-state index contributed by atoms with van der Waals surface area (Å²) in [4.78, 5) is 1.93. The maximum absolute atomic E-state index is 13.5. The van der Waals surface area contributed by atoms with E-state index in [1.54, 1.807) is 0 Å². The molecule has 0 bridgehead atoms. The van der Waals surface area contributed by atoms with E-state index in [2.05, 4.69) is 4.90 Å². The molecule has 20 heavy (non-hydrogen) atoms. The Morgan fingerprint density at radius 2 is 2.15 bits per heavy atom. The van der Waals surface area contributed by atoms with Crippen LogP contribution < -0.4 is 5.73 Å². The number of nitrogen functional groups attached to an aromatic ring is 1. The van der Waals surface area contributed by atoms with Crippen LogP contribution in [0, 0.1) is 5.82 Å². The second-order valence-electron chi connectivity index (χ2n) is 5.23. The highest BCUT2D eigenvalue weighted by Crippen LogP contribution is 2.27. The van der Waals surface area contributed by atoms with Crippen LogP contribution in [-0.2, 0) is 10.0 Å². The van der Waals surface area contributed by atoms with Crippen LogP contribution >= 0.6 is 0 Å². The Balaban J connectivity index is 2.32. The molecular formula is C13H20FN3O2S. The molecule has 112 valence electrons. The lowest BCUT2D eigenvalue weighted by Crippen LogP contribution is -2.47. The molecule has 0 aliphatic carbocycles. The minimum atomic E-state index is -3.77. The first-order valence-corrected chi connectivity index (χ1v) is 7.98. The Bertz CT molecular complexity index is 591. The van der Waals surface area contributed by atoms with Gasteiger partial charge in [0.25, 0.3) is 0 Å². The average molecular weight is 301 g/mol. The van der Waals surface area contributed by atoms with Crippen molar-refractivity contribution in [2.24, 2.45) is 0 Å². The van der Waals surface area contributed by atoms with E-state index in [1.165, 1.54) is 23.5 Å². The molecule has 1 aliphatic rings. The number of piperidine rings is 1. The van der Waals surface area contributed by atoms with Gasteiger partial charge in [-0.05, 0) is 38.6 Å². The van der Waals surface area contributed by atoms with Gasteiger partial charge in [0, 0.05) is 19.6 Å². The first-order chi connectivity index (χ1) is 9.34. The fourth-order valence-corrected chi connectivity index (χ4v) is 4.03. The van der Waals surface area contributed by atoms with E-state index in [1.807, 2.05) is 7.05 Å². The van der Waals surface area contributed by atoms with Crippen LogP contribution in [0.15, 0.2) is 23.1 Å². The summed E-state index contributed by atoms with van der Waals surface area (Å²) >= 11 is 0. The molecule has 7 heteroatoms. The Labute approximate surface area is 119 Å². The zero-order valence-corrected chi connectivity index (χ0v) is 12.5. The average Bonchev–Trinajstić information content (AvgIpc) is 2.40. The van der Waals surface area contributed by atoms with Crippen molar-refractivity contribution in [2.75, 3.05) is 32.9 Å². The SMILES string of the molecule is CN1CCCC(N(C)S(=O)(=O)c2cccc(F)c2N)C1. The summed E-state index contributed by atoms with van der Waals surface area (Å²) in [5.41, 5.74) is 5.26. The van der Waals surface area contributed by atoms with E-state index >= 15 is 0 Å². The standard InChI is InChI=1S/C13H20FN3O2S/c1-16-8-4-5-10(9-16)17(2)20(18,19)12-7-3-6-11(14)13(12)15/h3,6-7,10H,4-5,8-9,15H2,1-2H3. The van der Waals surface area contributed by atoms with E-state index in [-0.39, 0.29) is 16.6 Å². The third kappa shape index (κ3) is 2.79. The molecule has 1 aromatic rings. The van der Waals surface area contributed by atoms with Crippen LogP contribution in [0.3, 0.4) is 0 Å². The van der Waals surface area contributed by atoms with Crippen LogP contribution in [0.4, 0.5) is 10.1 Å². The molecule has 5 nitrogen and oxygen atoms in total. The van der Waals surface area contributed by atoms with Crippen molar-refractivity contribution in [3.05, 3.63) is 24.0 Å². The molecule has 2 rings (SSSR count). The third-order valence-corrected chi connectivity index (χ3v) is 5.75. The van der Waals surface area contributed by atoms with Crippen LogP contribution in [0.1, 0.15) is 12.8 Å². The summed E-state index contributed by atoms with van der Waals surface area (Å²) in [6.07, 6.45) is 1.74. The highest BCUT2D eigenvalue weighted by Gasteiger charge is 2.32. The molecule has 1 aliphatic heterocycles. The molecule has 1 unspecified atom stereocenters. The van der Waals surface area contributed by atoms with Crippen LogP contribution in [0.2, 0.25) is 0 Å². The molecular weight excluding hydrogens is 281 g/mol. The van der Waals surface area contributed by atoms with E-state index in [9.17, 15) is 12.8 Å². The molecule has 0 aromatic heterocycles. The van der Waals surface area contributed by atoms with Gasteiger partial charge in [-0.2, -0.15) is 4.31 Å². The summed E-state index contributed by atoms with van der Waals surface area (Å²) < 4.78 is 39.9. The summed E-state index contributed by atoms with van der Waals surface area (Å²) in [6, 6.07) is 3.75. The summed E-state index contributed by atoms with van der Waals surface area (Å²) in [7, 11) is -0.281. The van der Waals surface area contributed by atoms with Gasteiger partial charge in [0.05, 0.1) is 5.69 Å². The van der Waals surface area contributed by atoms with Crippen molar-refractivity contribution in [1.29, 1.82) is 0 Å². The third-order valence-electron chi connectivity index (χ3n) is 3.78. The predicted octanol–water partition coefficient (Wildman–Crippen LogP) is 1.12. The minimum absolute atomic E-state index is 0.110. The first-order valence-electron chi connectivity index (χ1n) is 6.54. The number of hydrogen-bond acceptors (Lipinski definition) is 4. The Kier molecular flexibility index (Phi) is 4.31. The quantitative estimate of drug-likeness (QED) is 0.850. The largest absolute Gasteiger partial charge is 0.395 e. The number of sulfonamides is 1. The molecule has 0 amide bonds. The smallest absolute Gasteiger partial charge is 0.245 e. The summed E-state index contributed by atoms with van der Waals surface area (Å²) in [5, 5.41) is 0. The van der Waals surface area contributed by atoms with E-state index in [0.29, 0.717) is 6.54 Å². The van der Waals surface area contributed by atoms with Gasteiger partial charge in [-0.1, -0.05) is 6.07 Å². The maximum atomic E-state index is 13.5. The van der Waals surface area contributed by atoms with Crippen LogP contribution in [0.5, 0.6) is 0 Å². The lowest BCUT2D eigenvalue weighted by Gasteiger charge is -2.35. The number of likely N-dealkylation sites (tertiary alicyclic amines) is 1. The van der Waals surface area contributed by atoms with Crippen molar-refractivity contribution in [1.82, 2.24) is 9.21 Å². The number of hydrogen-bond donors (Lipinski definition) is 1. The Hall–Kier alpha value is -1.18.